The Morgan fingerprint density at radius 1 is 1.10 bits per heavy atom. The number of ether oxygens (including phenoxy) is 1. The van der Waals surface area contributed by atoms with Gasteiger partial charge in [-0.2, -0.15) is 4.98 Å². The molecule has 2 heterocycles. The summed E-state index contributed by atoms with van der Waals surface area (Å²) in [7, 11) is 0. The zero-order valence-corrected chi connectivity index (χ0v) is 22.8. The van der Waals surface area contributed by atoms with Crippen LogP contribution in [0.1, 0.15) is 95.2 Å². The van der Waals surface area contributed by atoms with Gasteiger partial charge < -0.3 is 18.6 Å². The maximum Gasteiger partial charge on any atom is 0.414 e. The number of hydrogen-bond acceptors (Lipinski definition) is 8. The molecule has 0 saturated heterocycles. The van der Waals surface area contributed by atoms with Gasteiger partial charge in [-0.3, -0.25) is 4.79 Å². The highest BCUT2D eigenvalue weighted by molar-refractivity contribution is 6.00. The van der Waals surface area contributed by atoms with Crippen LogP contribution in [0.5, 0.6) is 6.08 Å². The fourth-order valence-electron chi connectivity index (χ4n) is 7.89. The lowest BCUT2D eigenvalue weighted by atomic mass is 9.41. The van der Waals surface area contributed by atoms with E-state index in [4.69, 9.17) is 18.7 Å². The van der Waals surface area contributed by atoms with Crippen LogP contribution in [-0.4, -0.2) is 45.1 Å². The molecular weight excluding hydrogens is 513 g/mol. The van der Waals surface area contributed by atoms with Crippen LogP contribution in [0, 0.1) is 10.8 Å². The van der Waals surface area contributed by atoms with E-state index in [1.165, 1.54) is 0 Å². The summed E-state index contributed by atoms with van der Waals surface area (Å²) in [5, 5.41) is 12.4. The van der Waals surface area contributed by atoms with Gasteiger partial charge in [0.2, 0.25) is 11.8 Å². The number of hydrogen-bond donors (Lipinski definition) is 0. The number of aromatic nitrogens is 4. The summed E-state index contributed by atoms with van der Waals surface area (Å²) in [5.41, 5.74) is -0.222. The average molecular weight is 548 g/mol. The number of benzene rings is 1. The molecule has 0 atom stereocenters. The van der Waals surface area contributed by atoms with E-state index >= 15 is 0 Å². The van der Waals surface area contributed by atoms with Gasteiger partial charge in [0.15, 0.2) is 5.82 Å². The standard InChI is InChI=1S/C30H34FN5O4/c1-2-38-26-34-33-23(39-26)20-4-3-5-21(14-20)36(25(37)29-15-30(31,16-29)17-29)18-27-8-11-28(12-9-27,13-10-27)24-32-22(35-40-24)19-6-7-19/h3-5,14,19H,2,6-13,15-18H2,1H3. The molecule has 7 aliphatic rings. The Bertz CT molecular complexity index is 1430. The van der Waals surface area contributed by atoms with Gasteiger partial charge in [0.25, 0.3) is 5.89 Å². The number of alkyl halides is 1. The Labute approximate surface area is 231 Å². The second kappa shape index (κ2) is 8.36. The Balaban J connectivity index is 1.06. The van der Waals surface area contributed by atoms with E-state index in [2.05, 4.69) is 15.4 Å². The van der Waals surface area contributed by atoms with Crippen molar-refractivity contribution in [2.75, 3.05) is 18.1 Å². The molecule has 10 rings (SSSR count). The first-order valence-electron chi connectivity index (χ1n) is 14.7. The number of fused-ring (bicyclic) bond motifs is 3. The van der Waals surface area contributed by atoms with Crippen LogP contribution >= 0.6 is 0 Å². The van der Waals surface area contributed by atoms with E-state index < -0.39 is 11.1 Å². The molecule has 0 N–H and O–H groups in total. The molecule has 4 bridgehead atoms. The number of carbonyl (C=O) groups is 1. The average Bonchev–Trinajstić information content (AvgIpc) is 3.47. The minimum Gasteiger partial charge on any atom is -0.449 e. The molecule has 7 aliphatic carbocycles. The predicted molar refractivity (Wildman–Crippen MR) is 141 cm³/mol. The van der Waals surface area contributed by atoms with Gasteiger partial charge >= 0.3 is 6.08 Å². The molecule has 0 spiro atoms. The second-order valence-electron chi connectivity index (χ2n) is 13.2. The van der Waals surface area contributed by atoms with Gasteiger partial charge in [0.1, 0.15) is 5.67 Å². The Morgan fingerprint density at radius 3 is 2.52 bits per heavy atom. The first kappa shape index (κ1) is 24.5. The van der Waals surface area contributed by atoms with Crippen molar-refractivity contribution in [1.82, 2.24) is 20.3 Å². The molecule has 0 radical (unpaired) electrons. The maximum atomic E-state index is 14.5. The second-order valence-corrected chi connectivity index (χ2v) is 13.2. The Hall–Kier alpha value is -3.30. The largest absolute Gasteiger partial charge is 0.449 e. The van der Waals surface area contributed by atoms with Crippen LogP contribution in [0.4, 0.5) is 10.1 Å². The lowest BCUT2D eigenvalue weighted by Gasteiger charge is -2.65. The third-order valence-corrected chi connectivity index (χ3v) is 10.5. The lowest BCUT2D eigenvalue weighted by Crippen LogP contribution is -2.71. The van der Waals surface area contributed by atoms with E-state index in [1.54, 1.807) is 0 Å². The smallest absolute Gasteiger partial charge is 0.414 e. The van der Waals surface area contributed by atoms with E-state index in [0.717, 1.165) is 74.3 Å². The summed E-state index contributed by atoms with van der Waals surface area (Å²) in [6.45, 7) is 2.91. The summed E-state index contributed by atoms with van der Waals surface area (Å²) in [5.74, 6) is 2.56. The van der Waals surface area contributed by atoms with E-state index in [-0.39, 0.29) is 22.8 Å². The number of halogens is 1. The number of nitrogens with zero attached hydrogens (tertiary/aromatic N) is 5. The van der Waals surface area contributed by atoms with Crippen molar-refractivity contribution in [3.8, 4) is 17.5 Å². The molecule has 40 heavy (non-hydrogen) atoms. The predicted octanol–water partition coefficient (Wildman–Crippen LogP) is 5.91. The summed E-state index contributed by atoms with van der Waals surface area (Å²) in [6, 6.07) is 7.69. The van der Waals surface area contributed by atoms with Gasteiger partial charge in [-0.25, -0.2) is 4.39 Å². The first-order chi connectivity index (χ1) is 19.3. The molecule has 10 heteroatoms. The summed E-state index contributed by atoms with van der Waals surface area (Å²) >= 11 is 0. The van der Waals surface area contributed by atoms with Gasteiger partial charge in [0, 0.05) is 29.1 Å². The van der Waals surface area contributed by atoms with Crippen molar-refractivity contribution in [2.45, 2.75) is 94.6 Å². The quantitative estimate of drug-likeness (QED) is 0.325. The molecule has 1 aromatic carbocycles. The highest BCUT2D eigenvalue weighted by atomic mass is 19.1. The van der Waals surface area contributed by atoms with Gasteiger partial charge in [0.05, 0.1) is 12.0 Å². The molecule has 7 fully saturated rings. The van der Waals surface area contributed by atoms with Crippen molar-refractivity contribution in [3.05, 3.63) is 36.0 Å². The molecule has 7 saturated carbocycles. The maximum absolute atomic E-state index is 14.5. The normalized spacial score (nSPS) is 33.8. The van der Waals surface area contributed by atoms with E-state index in [9.17, 15) is 9.18 Å². The van der Waals surface area contributed by atoms with Crippen LogP contribution in [0.3, 0.4) is 0 Å². The highest BCUT2D eigenvalue weighted by Gasteiger charge is 2.73. The third-order valence-electron chi connectivity index (χ3n) is 10.5. The first-order valence-corrected chi connectivity index (χ1v) is 14.7. The van der Waals surface area contributed by atoms with Gasteiger partial charge in [-0.15, -0.1) is 5.10 Å². The number of amides is 1. The van der Waals surface area contributed by atoms with Crippen LogP contribution in [0.15, 0.2) is 33.2 Å². The SMILES string of the molecule is CCOc1nnc(-c2cccc(N(CC34CCC(c5nc(C6CC6)no5)(CC3)CC4)C(=O)C34CC(F)(C3)C4)c2)o1. The number of anilines is 1. The molecule has 210 valence electrons. The van der Waals surface area contributed by atoms with Crippen molar-refractivity contribution in [2.24, 2.45) is 10.8 Å². The number of carbonyl (C=O) groups excluding carboxylic acids is 1. The molecule has 9 nitrogen and oxygen atoms in total. The van der Waals surface area contributed by atoms with Crippen LogP contribution in [0.2, 0.25) is 0 Å². The Morgan fingerprint density at radius 2 is 1.85 bits per heavy atom. The third kappa shape index (κ3) is 3.74. The summed E-state index contributed by atoms with van der Waals surface area (Å²) in [4.78, 5) is 20.9. The van der Waals surface area contributed by atoms with Crippen LogP contribution in [-0.2, 0) is 10.2 Å². The van der Waals surface area contributed by atoms with Crippen molar-refractivity contribution < 1.29 is 22.9 Å². The topological polar surface area (TPSA) is 107 Å². The molecule has 3 aromatic rings. The minimum absolute atomic E-state index is 0.0102. The zero-order chi connectivity index (χ0) is 27.2. The molecule has 2 aromatic heterocycles. The fraction of sp³-hybridized carbons (Fsp3) is 0.633. The molecule has 1 amide bonds. The van der Waals surface area contributed by atoms with Crippen LogP contribution < -0.4 is 9.64 Å². The van der Waals surface area contributed by atoms with E-state index in [1.807, 2.05) is 36.1 Å². The van der Waals surface area contributed by atoms with Crippen molar-refractivity contribution in [3.63, 3.8) is 0 Å². The van der Waals surface area contributed by atoms with Gasteiger partial charge in [-0.05, 0) is 101 Å². The van der Waals surface area contributed by atoms with Crippen molar-refractivity contribution in [1.29, 1.82) is 0 Å². The monoisotopic (exact) mass is 547 g/mol. The molecule has 0 unspecified atom stereocenters. The summed E-state index contributed by atoms with van der Waals surface area (Å²) in [6.07, 6.45) is 9.42. The molecular formula is C30H34FN5O4. The van der Waals surface area contributed by atoms with Crippen molar-refractivity contribution >= 4 is 11.6 Å². The summed E-state index contributed by atoms with van der Waals surface area (Å²) < 4.78 is 31.4. The van der Waals surface area contributed by atoms with E-state index in [0.29, 0.717) is 44.2 Å². The van der Waals surface area contributed by atoms with Gasteiger partial charge in [-0.1, -0.05) is 16.3 Å². The minimum atomic E-state index is -1.14. The Kier molecular flexibility index (Phi) is 5.12. The zero-order valence-electron chi connectivity index (χ0n) is 22.8. The molecule has 0 aliphatic heterocycles. The van der Waals surface area contributed by atoms with Crippen LogP contribution in [0.25, 0.3) is 11.5 Å². The lowest BCUT2D eigenvalue weighted by molar-refractivity contribution is -0.211. The highest BCUT2D eigenvalue weighted by Crippen LogP contribution is 2.70. The fourth-order valence-corrected chi connectivity index (χ4v) is 7.89. The number of rotatable bonds is 9.